The van der Waals surface area contributed by atoms with E-state index in [1.807, 2.05) is 31.2 Å². The molecular weight excluding hydrogens is 442 g/mol. The number of hydrogen-bond donors (Lipinski definition) is 3. The van der Waals surface area contributed by atoms with Gasteiger partial charge in [0.25, 0.3) is 5.91 Å². The molecular formula is C20H18BrN3O3S. The Balaban J connectivity index is 1.75. The number of aliphatic hydroxyl groups excluding tert-OH is 1. The third-order valence-corrected chi connectivity index (χ3v) is 5.78. The minimum atomic E-state index is -1.18. The maximum absolute atomic E-state index is 12.8. The van der Waals surface area contributed by atoms with Crippen LogP contribution in [-0.4, -0.2) is 28.3 Å². The van der Waals surface area contributed by atoms with Gasteiger partial charge in [0, 0.05) is 17.8 Å². The summed E-state index contributed by atoms with van der Waals surface area (Å²) in [4.78, 5) is 13.9. The van der Waals surface area contributed by atoms with E-state index in [9.17, 15) is 9.90 Å². The number of aryl methyl sites for hydroxylation is 1. The van der Waals surface area contributed by atoms with Gasteiger partial charge in [-0.15, -0.1) is 11.8 Å². The van der Waals surface area contributed by atoms with Crippen LogP contribution in [0.1, 0.15) is 33.5 Å². The summed E-state index contributed by atoms with van der Waals surface area (Å²) >= 11 is 4.95. The minimum absolute atomic E-state index is 0.255. The molecule has 0 aliphatic carbocycles. The van der Waals surface area contributed by atoms with Gasteiger partial charge < -0.3 is 15.2 Å². The number of thioether (sulfide) groups is 1. The summed E-state index contributed by atoms with van der Waals surface area (Å²) in [6.07, 6.45) is -1.18. The van der Waals surface area contributed by atoms with Crippen LogP contribution in [0.4, 0.5) is 5.82 Å². The molecule has 1 aromatic heterocycles. The second-order valence-corrected chi connectivity index (χ2v) is 7.79. The Morgan fingerprint density at radius 3 is 3.04 bits per heavy atom. The number of hydrogen-bond acceptors (Lipinski definition) is 5. The second-order valence-electron chi connectivity index (χ2n) is 5.95. The third-order valence-electron chi connectivity index (χ3n) is 3.93. The molecule has 0 fully saturated rings. The maximum atomic E-state index is 12.8. The number of H-pyrrole nitrogens is 1. The summed E-state index contributed by atoms with van der Waals surface area (Å²) in [5.41, 5.74) is 2.74. The van der Waals surface area contributed by atoms with E-state index in [1.165, 1.54) is 12.7 Å². The number of methoxy groups -OCH3 is 1. The molecule has 3 rings (SSSR count). The molecule has 1 amide bonds. The Bertz CT molecular complexity index is 977. The van der Waals surface area contributed by atoms with Crippen molar-refractivity contribution in [1.82, 2.24) is 10.2 Å². The maximum Gasteiger partial charge on any atom is 0.265 e. The van der Waals surface area contributed by atoms with Crippen LogP contribution in [0.15, 0.2) is 45.8 Å². The number of anilines is 1. The van der Waals surface area contributed by atoms with E-state index in [0.29, 0.717) is 21.5 Å². The van der Waals surface area contributed by atoms with Crippen molar-refractivity contribution in [2.45, 2.75) is 23.9 Å². The average molecular weight is 460 g/mol. The molecule has 2 aromatic carbocycles. The molecule has 0 saturated carbocycles. The zero-order chi connectivity index (χ0) is 20.1. The lowest BCUT2D eigenvalue weighted by atomic mass is 10.1. The molecule has 8 heteroatoms. The number of carbonyl (C=O) groups is 1. The molecule has 28 heavy (non-hydrogen) atoms. The summed E-state index contributed by atoms with van der Waals surface area (Å²) in [5.74, 6) is 0.514. The van der Waals surface area contributed by atoms with Crippen molar-refractivity contribution in [3.63, 3.8) is 0 Å². The Labute approximate surface area is 175 Å². The topological polar surface area (TPSA) is 87.2 Å². The first kappa shape index (κ1) is 20.4. The summed E-state index contributed by atoms with van der Waals surface area (Å²) in [6, 6.07) is 17.5. The first-order valence-electron chi connectivity index (χ1n) is 8.36. The molecule has 1 atom stereocenters. The lowest BCUT2D eigenvalue weighted by Gasteiger charge is -2.08. The number of aromatic amines is 1. The van der Waals surface area contributed by atoms with Crippen molar-refractivity contribution >= 4 is 39.4 Å². The van der Waals surface area contributed by atoms with Gasteiger partial charge in [-0.1, -0.05) is 29.8 Å². The fourth-order valence-corrected chi connectivity index (χ4v) is 3.96. The Kier molecular flexibility index (Phi) is 6.75. The van der Waals surface area contributed by atoms with Crippen molar-refractivity contribution in [3.05, 3.63) is 75.4 Å². The van der Waals surface area contributed by atoms with Crippen LogP contribution in [0.5, 0.6) is 0 Å². The van der Waals surface area contributed by atoms with E-state index in [0.717, 1.165) is 10.5 Å². The van der Waals surface area contributed by atoms with E-state index in [-0.39, 0.29) is 11.7 Å². The highest BCUT2D eigenvalue weighted by molar-refractivity contribution is 9.10. The number of amides is 1. The Hall–Kier alpha value is -2.31. The van der Waals surface area contributed by atoms with E-state index in [2.05, 4.69) is 49.6 Å². The number of ether oxygens (including phenoxy) is 1. The van der Waals surface area contributed by atoms with E-state index in [1.54, 1.807) is 17.8 Å². The summed E-state index contributed by atoms with van der Waals surface area (Å²) < 4.78 is 5.27. The van der Waals surface area contributed by atoms with Crippen LogP contribution in [0.2, 0.25) is 0 Å². The molecule has 144 valence electrons. The number of benzene rings is 1. The smallest absolute Gasteiger partial charge is 0.265 e. The highest BCUT2D eigenvalue weighted by atomic mass is 79.9. The Morgan fingerprint density at radius 2 is 2.29 bits per heavy atom. The number of nitrogens with zero attached hydrogens (tertiary/aromatic N) is 1. The number of aromatic nitrogens is 2. The highest BCUT2D eigenvalue weighted by Gasteiger charge is 2.20. The van der Waals surface area contributed by atoms with Crippen LogP contribution in [0.3, 0.4) is 0 Å². The fraction of sp³-hybridized carbons (Fsp3) is 0.200. The molecule has 0 radical (unpaired) electrons. The first-order chi connectivity index (χ1) is 13.5. The molecule has 3 N–H and O–H groups in total. The molecule has 1 unspecified atom stereocenters. The normalized spacial score (nSPS) is 11.7. The zero-order valence-corrected chi connectivity index (χ0v) is 17.6. The number of aliphatic hydroxyl groups is 1. The molecule has 6 nitrogen and oxygen atoms in total. The van der Waals surface area contributed by atoms with Crippen LogP contribution < -0.4 is 5.32 Å². The van der Waals surface area contributed by atoms with Gasteiger partial charge in [0.2, 0.25) is 0 Å². The Morgan fingerprint density at radius 1 is 1.46 bits per heavy atom. The number of carbonyl (C=O) groups excluding carboxylic acids is 1. The standard InChI is InChI=1S/C20H18BrN3O3S/c1-12-6-5-8-14(10-12)28-11-13-7-3-4-9-15(13)19(25)22-18-16(21)17(23-24-18)20(26)27-2/h3,5-8,10,20,26H,11H2,1-2H3,(H2,22,23,24,25). The quantitative estimate of drug-likeness (QED) is 0.362. The van der Waals surface area contributed by atoms with Gasteiger partial charge in [-0.2, -0.15) is 5.10 Å². The molecule has 0 saturated heterocycles. The highest BCUT2D eigenvalue weighted by Crippen LogP contribution is 2.29. The lowest BCUT2D eigenvalue weighted by molar-refractivity contribution is -0.0803. The summed E-state index contributed by atoms with van der Waals surface area (Å²) in [6.45, 7) is 2.05. The average Bonchev–Trinajstić information content (AvgIpc) is 3.06. The van der Waals surface area contributed by atoms with Crippen molar-refractivity contribution < 1.29 is 14.6 Å². The molecule has 0 aliphatic heterocycles. The summed E-state index contributed by atoms with van der Waals surface area (Å²) in [5, 5.41) is 19.1. The minimum Gasteiger partial charge on any atom is -0.363 e. The second kappa shape index (κ2) is 9.26. The fourth-order valence-electron chi connectivity index (χ4n) is 2.48. The number of rotatable bonds is 7. The summed E-state index contributed by atoms with van der Waals surface area (Å²) in [7, 11) is 1.36. The van der Waals surface area contributed by atoms with Gasteiger partial charge in [-0.25, -0.2) is 0 Å². The molecule has 0 aliphatic rings. The molecule has 3 aromatic rings. The van der Waals surface area contributed by atoms with E-state index in [4.69, 9.17) is 4.74 Å². The van der Waals surface area contributed by atoms with Gasteiger partial charge in [0.05, 0.1) is 10.0 Å². The number of halogens is 1. The van der Waals surface area contributed by atoms with Crippen LogP contribution in [-0.2, 0) is 10.5 Å². The van der Waals surface area contributed by atoms with Gasteiger partial charge in [-0.3, -0.25) is 9.89 Å². The van der Waals surface area contributed by atoms with E-state index >= 15 is 0 Å². The monoisotopic (exact) mass is 459 g/mol. The van der Waals surface area contributed by atoms with E-state index < -0.39 is 6.29 Å². The van der Waals surface area contributed by atoms with Gasteiger partial charge in [0.1, 0.15) is 5.69 Å². The first-order valence-corrected chi connectivity index (χ1v) is 10.1. The predicted molar refractivity (Wildman–Crippen MR) is 111 cm³/mol. The molecule has 0 spiro atoms. The van der Waals surface area contributed by atoms with Gasteiger partial charge in [0.15, 0.2) is 12.1 Å². The van der Waals surface area contributed by atoms with Crippen molar-refractivity contribution in [2.75, 3.05) is 12.4 Å². The largest absolute Gasteiger partial charge is 0.363 e. The van der Waals surface area contributed by atoms with Crippen LogP contribution >= 0.6 is 27.7 Å². The number of nitrogens with one attached hydrogen (secondary N) is 2. The van der Waals surface area contributed by atoms with Gasteiger partial charge in [-0.05, 0) is 52.7 Å². The van der Waals surface area contributed by atoms with Crippen molar-refractivity contribution in [2.24, 2.45) is 0 Å². The SMILES string of the molecule is COC(O)c1[nH]nc(NC(=O)c2c#cccc2CSc2cccc(C)c2)c1Br. The van der Waals surface area contributed by atoms with Crippen LogP contribution in [0, 0.1) is 19.1 Å². The third kappa shape index (κ3) is 4.75. The predicted octanol–water partition coefficient (Wildman–Crippen LogP) is 4.26. The molecule has 1 heterocycles. The zero-order valence-electron chi connectivity index (χ0n) is 15.2. The lowest BCUT2D eigenvalue weighted by Crippen LogP contribution is -2.14. The van der Waals surface area contributed by atoms with Crippen LogP contribution in [0.25, 0.3) is 0 Å². The van der Waals surface area contributed by atoms with Gasteiger partial charge >= 0.3 is 0 Å². The van der Waals surface area contributed by atoms with Crippen molar-refractivity contribution in [1.29, 1.82) is 0 Å². The molecule has 0 bridgehead atoms. The van der Waals surface area contributed by atoms with Crippen molar-refractivity contribution in [3.8, 4) is 0 Å².